The van der Waals surface area contributed by atoms with Crippen molar-refractivity contribution in [3.63, 3.8) is 0 Å². The topological polar surface area (TPSA) is 99.8 Å². The third kappa shape index (κ3) is 4.89. The Labute approximate surface area is 201 Å². The summed E-state index contributed by atoms with van der Waals surface area (Å²) in [7, 11) is 1.60. The van der Waals surface area contributed by atoms with Crippen LogP contribution in [-0.4, -0.2) is 43.1 Å². The van der Waals surface area contributed by atoms with Crippen molar-refractivity contribution >= 4 is 23.7 Å². The van der Waals surface area contributed by atoms with Gasteiger partial charge in [0.05, 0.1) is 19.1 Å². The van der Waals surface area contributed by atoms with Crippen molar-refractivity contribution in [2.24, 2.45) is 5.10 Å². The Hall–Kier alpha value is -4.53. The van der Waals surface area contributed by atoms with Gasteiger partial charge in [0.25, 0.3) is 5.91 Å². The van der Waals surface area contributed by atoms with Gasteiger partial charge in [-0.1, -0.05) is 6.07 Å². The lowest BCUT2D eigenvalue weighted by Gasteiger charge is -2.19. The van der Waals surface area contributed by atoms with Crippen molar-refractivity contribution in [2.75, 3.05) is 20.5 Å². The van der Waals surface area contributed by atoms with E-state index in [0.29, 0.717) is 23.7 Å². The van der Waals surface area contributed by atoms with E-state index in [0.717, 1.165) is 22.6 Å². The summed E-state index contributed by atoms with van der Waals surface area (Å²) in [5.74, 6) is 1.48. The van der Waals surface area contributed by atoms with Gasteiger partial charge in [-0.25, -0.2) is 9.80 Å². The lowest BCUT2D eigenvalue weighted by Crippen LogP contribution is -2.31. The monoisotopic (exact) mass is 474 g/mol. The molecule has 9 heteroatoms. The van der Waals surface area contributed by atoms with Crippen LogP contribution in [-0.2, 0) is 14.3 Å². The first-order valence-corrected chi connectivity index (χ1v) is 10.9. The van der Waals surface area contributed by atoms with Gasteiger partial charge in [-0.15, -0.1) is 0 Å². The third-order valence-corrected chi connectivity index (χ3v) is 5.61. The number of methoxy groups -OCH3 is 1. The summed E-state index contributed by atoms with van der Waals surface area (Å²) in [5, 5.41) is 5.83. The maximum atomic E-state index is 13.0. The number of esters is 1. The minimum Gasteiger partial charge on any atom is -0.497 e. The summed E-state index contributed by atoms with van der Waals surface area (Å²) in [5.41, 5.74) is 2.32. The number of benzene rings is 2. The highest BCUT2D eigenvalue weighted by molar-refractivity contribution is 6.03. The molecule has 0 aliphatic carbocycles. The van der Waals surface area contributed by atoms with E-state index in [4.69, 9.17) is 23.4 Å². The first-order chi connectivity index (χ1) is 17.1. The number of nitrogens with zero attached hydrogens (tertiary/aromatic N) is 2. The molecular formula is C26H22N2O7. The van der Waals surface area contributed by atoms with Crippen LogP contribution in [0.25, 0.3) is 6.08 Å². The van der Waals surface area contributed by atoms with E-state index in [1.807, 2.05) is 24.3 Å². The molecule has 9 nitrogen and oxygen atoms in total. The average molecular weight is 474 g/mol. The summed E-state index contributed by atoms with van der Waals surface area (Å²) < 4.78 is 26.5. The molecule has 1 unspecified atom stereocenters. The number of hydrazone groups is 1. The minimum absolute atomic E-state index is 0.171. The van der Waals surface area contributed by atoms with Gasteiger partial charge in [-0.05, 0) is 65.7 Å². The Morgan fingerprint density at radius 2 is 1.94 bits per heavy atom. The number of ether oxygens (including phenoxy) is 4. The lowest BCUT2D eigenvalue weighted by molar-refractivity contribution is -0.149. The SMILES string of the molecule is COc1ccc(C2=NN(C(=O)COC(=O)/C=C/c3ccc4c(c3)OCO4)C(c3ccco3)C2)cc1. The highest BCUT2D eigenvalue weighted by atomic mass is 16.7. The van der Waals surface area contributed by atoms with Gasteiger partial charge in [0, 0.05) is 12.5 Å². The zero-order valence-corrected chi connectivity index (χ0v) is 18.9. The van der Waals surface area contributed by atoms with Gasteiger partial charge in [-0.2, -0.15) is 5.10 Å². The minimum atomic E-state index is -0.649. The average Bonchev–Trinajstić information content (AvgIpc) is 3.66. The van der Waals surface area contributed by atoms with Gasteiger partial charge >= 0.3 is 5.97 Å². The van der Waals surface area contributed by atoms with Crippen molar-refractivity contribution in [1.29, 1.82) is 0 Å². The molecule has 0 spiro atoms. The molecule has 2 aliphatic rings. The van der Waals surface area contributed by atoms with Crippen molar-refractivity contribution in [3.05, 3.63) is 83.8 Å². The quantitative estimate of drug-likeness (QED) is 0.378. The Morgan fingerprint density at radius 1 is 1.11 bits per heavy atom. The molecule has 0 radical (unpaired) electrons. The number of amides is 1. The van der Waals surface area contributed by atoms with Crippen LogP contribution in [0.1, 0.15) is 29.3 Å². The van der Waals surface area contributed by atoms with Crippen molar-refractivity contribution in [2.45, 2.75) is 12.5 Å². The number of rotatable bonds is 7. The number of hydrogen-bond acceptors (Lipinski definition) is 8. The third-order valence-electron chi connectivity index (χ3n) is 5.61. The number of carbonyl (C=O) groups excluding carboxylic acids is 2. The predicted molar refractivity (Wildman–Crippen MR) is 125 cm³/mol. The first-order valence-electron chi connectivity index (χ1n) is 10.9. The molecular weight excluding hydrogens is 452 g/mol. The molecule has 1 aromatic heterocycles. The normalized spacial score (nSPS) is 16.4. The molecule has 0 saturated heterocycles. The van der Waals surface area contributed by atoms with Gasteiger partial charge < -0.3 is 23.4 Å². The second-order valence-corrected chi connectivity index (χ2v) is 7.80. The molecule has 0 fully saturated rings. The summed E-state index contributed by atoms with van der Waals surface area (Å²) >= 11 is 0. The lowest BCUT2D eigenvalue weighted by atomic mass is 10.0. The zero-order valence-electron chi connectivity index (χ0n) is 18.9. The molecule has 35 heavy (non-hydrogen) atoms. The van der Waals surface area contributed by atoms with E-state index < -0.39 is 24.5 Å². The fraction of sp³-hybridized carbons (Fsp3) is 0.192. The van der Waals surface area contributed by atoms with E-state index in [-0.39, 0.29) is 6.79 Å². The highest BCUT2D eigenvalue weighted by Crippen LogP contribution is 2.34. The molecule has 2 aliphatic heterocycles. The van der Waals surface area contributed by atoms with E-state index in [1.54, 1.807) is 49.8 Å². The van der Waals surface area contributed by atoms with Crippen molar-refractivity contribution in [3.8, 4) is 17.2 Å². The van der Waals surface area contributed by atoms with E-state index >= 15 is 0 Å². The summed E-state index contributed by atoms with van der Waals surface area (Å²) in [6.45, 7) is -0.286. The van der Waals surface area contributed by atoms with Crippen LogP contribution in [0.2, 0.25) is 0 Å². The molecule has 0 saturated carbocycles. The molecule has 1 atom stereocenters. The Morgan fingerprint density at radius 3 is 2.71 bits per heavy atom. The largest absolute Gasteiger partial charge is 0.497 e. The Bertz CT molecular complexity index is 1280. The van der Waals surface area contributed by atoms with Crippen LogP contribution in [0, 0.1) is 0 Å². The second-order valence-electron chi connectivity index (χ2n) is 7.80. The standard InChI is InChI=1S/C26H22N2O7/c1-31-19-8-6-18(7-9-19)20-14-21(22-3-2-12-32-22)28(27-20)25(29)15-33-26(30)11-5-17-4-10-23-24(13-17)35-16-34-23/h2-13,21H,14-16H2,1H3/b11-5+. The molecule has 178 valence electrons. The zero-order chi connectivity index (χ0) is 24.2. The highest BCUT2D eigenvalue weighted by Gasteiger charge is 2.35. The number of carbonyl (C=O) groups is 2. The molecule has 3 aromatic rings. The molecule has 0 N–H and O–H groups in total. The second kappa shape index (κ2) is 9.76. The van der Waals surface area contributed by atoms with Crippen molar-refractivity contribution in [1.82, 2.24) is 5.01 Å². The number of furan rings is 1. The van der Waals surface area contributed by atoms with E-state index in [2.05, 4.69) is 5.10 Å². The van der Waals surface area contributed by atoms with Gasteiger partial charge in [0.2, 0.25) is 6.79 Å². The maximum absolute atomic E-state index is 13.0. The predicted octanol–water partition coefficient (Wildman–Crippen LogP) is 3.95. The molecule has 2 aromatic carbocycles. The van der Waals surface area contributed by atoms with Gasteiger partial charge in [0.15, 0.2) is 18.1 Å². The fourth-order valence-electron chi connectivity index (χ4n) is 3.83. The van der Waals surface area contributed by atoms with E-state index in [9.17, 15) is 9.59 Å². The van der Waals surface area contributed by atoms with Crippen LogP contribution >= 0.6 is 0 Å². The van der Waals surface area contributed by atoms with Crippen molar-refractivity contribution < 1.29 is 33.0 Å². The molecule has 0 bridgehead atoms. The summed E-state index contributed by atoms with van der Waals surface area (Å²) in [4.78, 5) is 25.2. The number of fused-ring (bicyclic) bond motifs is 1. The van der Waals surface area contributed by atoms with Crippen LogP contribution < -0.4 is 14.2 Å². The fourth-order valence-corrected chi connectivity index (χ4v) is 3.83. The molecule has 1 amide bonds. The first kappa shape index (κ1) is 22.3. The summed E-state index contributed by atoms with van der Waals surface area (Å²) in [6, 6.07) is 15.8. The Balaban J connectivity index is 1.25. The van der Waals surface area contributed by atoms with Crippen LogP contribution in [0.4, 0.5) is 0 Å². The van der Waals surface area contributed by atoms with Crippen LogP contribution in [0.15, 0.2) is 76.5 Å². The molecule has 3 heterocycles. The maximum Gasteiger partial charge on any atom is 0.331 e. The van der Waals surface area contributed by atoms with Gasteiger partial charge in [0.1, 0.15) is 17.6 Å². The van der Waals surface area contributed by atoms with Crippen LogP contribution in [0.5, 0.6) is 17.2 Å². The van der Waals surface area contributed by atoms with Gasteiger partial charge in [-0.3, -0.25) is 4.79 Å². The van der Waals surface area contributed by atoms with E-state index in [1.165, 1.54) is 11.1 Å². The number of hydrogen-bond donors (Lipinski definition) is 0. The summed E-state index contributed by atoms with van der Waals surface area (Å²) in [6.07, 6.45) is 4.84. The Kier molecular flexibility index (Phi) is 6.21. The molecule has 5 rings (SSSR count). The smallest absolute Gasteiger partial charge is 0.331 e. The van der Waals surface area contributed by atoms with Crippen LogP contribution in [0.3, 0.4) is 0 Å².